The molecule has 1 amide bonds. The molecule has 0 saturated carbocycles. The van der Waals surface area contributed by atoms with Crippen molar-refractivity contribution in [2.24, 2.45) is 0 Å². The zero-order valence-corrected chi connectivity index (χ0v) is 21.8. The van der Waals surface area contributed by atoms with Crippen molar-refractivity contribution in [3.63, 3.8) is 0 Å². The van der Waals surface area contributed by atoms with Crippen LogP contribution in [0.3, 0.4) is 0 Å². The molecule has 0 spiro atoms. The molecule has 1 atom stereocenters. The van der Waals surface area contributed by atoms with Gasteiger partial charge in [0.15, 0.2) is 0 Å². The van der Waals surface area contributed by atoms with Gasteiger partial charge < -0.3 is 14.8 Å². The van der Waals surface area contributed by atoms with Gasteiger partial charge in [0.2, 0.25) is 0 Å². The summed E-state index contributed by atoms with van der Waals surface area (Å²) in [4.78, 5) is 26.5. The molecule has 0 heterocycles. The van der Waals surface area contributed by atoms with Gasteiger partial charge in [-0.25, -0.2) is 4.79 Å². The molecule has 36 heavy (non-hydrogen) atoms. The fraction of sp³-hybridized carbons (Fsp3) is 0.333. The van der Waals surface area contributed by atoms with Crippen molar-refractivity contribution in [3.05, 3.63) is 90.0 Å². The molecular formula is C30H33NO4S. The predicted molar refractivity (Wildman–Crippen MR) is 144 cm³/mol. The number of alkyl carbamates (subject to hydrolysis) is 1. The number of ether oxygens (including phenoxy) is 2. The molecule has 1 aliphatic carbocycles. The van der Waals surface area contributed by atoms with Crippen LogP contribution < -0.4 is 5.32 Å². The van der Waals surface area contributed by atoms with Crippen LogP contribution in [0.25, 0.3) is 11.1 Å². The number of nitrogens with one attached hydrogen (secondary N) is 1. The van der Waals surface area contributed by atoms with Crippen LogP contribution in [0.4, 0.5) is 4.79 Å². The third kappa shape index (κ3) is 6.91. The first-order chi connectivity index (χ1) is 17.3. The monoisotopic (exact) mass is 503 g/mol. The second kappa shape index (κ2) is 11.7. The van der Waals surface area contributed by atoms with Gasteiger partial charge >= 0.3 is 12.1 Å². The Kier molecular flexibility index (Phi) is 8.36. The Morgan fingerprint density at radius 1 is 0.889 bits per heavy atom. The van der Waals surface area contributed by atoms with Gasteiger partial charge in [0, 0.05) is 16.9 Å². The highest BCUT2D eigenvalue weighted by Crippen LogP contribution is 2.44. The van der Waals surface area contributed by atoms with Crippen molar-refractivity contribution in [2.75, 3.05) is 12.4 Å². The Morgan fingerprint density at radius 3 is 2.08 bits per heavy atom. The van der Waals surface area contributed by atoms with Gasteiger partial charge in [0.25, 0.3) is 0 Å². The normalized spacial score (nSPS) is 13.4. The highest BCUT2D eigenvalue weighted by atomic mass is 32.2. The molecule has 3 aromatic carbocycles. The summed E-state index contributed by atoms with van der Waals surface area (Å²) >= 11 is 1.69. The largest absolute Gasteiger partial charge is 0.460 e. The van der Waals surface area contributed by atoms with Gasteiger partial charge in [0.05, 0.1) is 6.42 Å². The van der Waals surface area contributed by atoms with Crippen LogP contribution in [0.1, 0.15) is 50.7 Å². The van der Waals surface area contributed by atoms with Crippen LogP contribution in [-0.4, -0.2) is 36.1 Å². The van der Waals surface area contributed by atoms with Crippen molar-refractivity contribution in [1.29, 1.82) is 0 Å². The molecule has 188 valence electrons. The first kappa shape index (κ1) is 25.8. The molecule has 6 heteroatoms. The van der Waals surface area contributed by atoms with Gasteiger partial charge in [-0.1, -0.05) is 66.7 Å². The van der Waals surface area contributed by atoms with Crippen molar-refractivity contribution >= 4 is 23.8 Å². The fourth-order valence-corrected chi connectivity index (χ4v) is 5.44. The summed E-state index contributed by atoms with van der Waals surface area (Å²) in [5.74, 6) is 0.401. The summed E-state index contributed by atoms with van der Waals surface area (Å²) in [6.07, 6.45) is 0.190. The average Bonchev–Trinajstić information content (AvgIpc) is 3.16. The Hall–Kier alpha value is -3.25. The van der Waals surface area contributed by atoms with Crippen LogP contribution in [0.2, 0.25) is 0 Å². The second-order valence-electron chi connectivity index (χ2n) is 9.91. The number of rotatable bonds is 9. The van der Waals surface area contributed by atoms with E-state index in [9.17, 15) is 9.59 Å². The standard InChI is InChI=1S/C30H33NO4S/c1-30(2,3)35-28(32)19-21(17-18-36-22-11-5-4-6-12-22)31-29(33)34-20-27-25-15-9-7-13-23(25)24-14-8-10-16-26(24)27/h4-16,21,27H,17-20H2,1-3H3,(H,31,33)/t21-/m1/s1. The number of hydrogen-bond donors (Lipinski definition) is 1. The minimum absolute atomic E-state index is 0.0129. The van der Waals surface area contributed by atoms with Crippen LogP contribution in [0.5, 0.6) is 0 Å². The lowest BCUT2D eigenvalue weighted by Crippen LogP contribution is -2.39. The smallest absolute Gasteiger partial charge is 0.407 e. The molecule has 0 fully saturated rings. The molecule has 0 unspecified atom stereocenters. The van der Waals surface area contributed by atoms with Crippen molar-refractivity contribution < 1.29 is 19.1 Å². The molecule has 1 aliphatic rings. The summed E-state index contributed by atoms with van der Waals surface area (Å²) < 4.78 is 11.2. The Labute approximate surface area is 217 Å². The Bertz CT molecular complexity index is 1140. The number of benzene rings is 3. The van der Waals surface area contributed by atoms with Crippen molar-refractivity contribution in [3.8, 4) is 11.1 Å². The molecule has 5 nitrogen and oxygen atoms in total. The lowest BCUT2D eigenvalue weighted by Gasteiger charge is -2.23. The number of carbonyl (C=O) groups is 2. The van der Waals surface area contributed by atoms with Gasteiger partial charge in [-0.2, -0.15) is 0 Å². The van der Waals surface area contributed by atoms with Gasteiger partial charge in [0.1, 0.15) is 12.2 Å². The maximum absolute atomic E-state index is 12.8. The topological polar surface area (TPSA) is 64.6 Å². The van der Waals surface area contributed by atoms with E-state index < -0.39 is 11.7 Å². The summed E-state index contributed by atoms with van der Waals surface area (Å²) in [6.45, 7) is 5.75. The van der Waals surface area contributed by atoms with E-state index in [4.69, 9.17) is 9.47 Å². The number of carbonyl (C=O) groups excluding carboxylic acids is 2. The molecule has 4 rings (SSSR count). The molecule has 3 aromatic rings. The van der Waals surface area contributed by atoms with E-state index in [0.717, 1.165) is 21.8 Å². The van der Waals surface area contributed by atoms with E-state index in [1.165, 1.54) is 11.1 Å². The number of fused-ring (bicyclic) bond motifs is 3. The summed E-state index contributed by atoms with van der Waals surface area (Å²) in [7, 11) is 0. The van der Waals surface area contributed by atoms with Crippen molar-refractivity contribution in [1.82, 2.24) is 5.32 Å². The third-order valence-corrected chi connectivity index (χ3v) is 7.02. The molecular weight excluding hydrogens is 470 g/mol. The van der Waals surface area contributed by atoms with Crippen molar-refractivity contribution in [2.45, 2.75) is 56.1 Å². The summed E-state index contributed by atoms with van der Waals surface area (Å²) in [6, 6.07) is 26.2. The molecule has 0 aliphatic heterocycles. The quantitative estimate of drug-likeness (QED) is 0.257. The predicted octanol–water partition coefficient (Wildman–Crippen LogP) is 6.81. The second-order valence-corrected chi connectivity index (χ2v) is 11.1. The molecule has 1 N–H and O–H groups in total. The van der Waals surface area contributed by atoms with E-state index in [0.29, 0.717) is 6.42 Å². The van der Waals surface area contributed by atoms with Crippen LogP contribution in [0.15, 0.2) is 83.8 Å². The zero-order chi connectivity index (χ0) is 25.5. The number of amides is 1. The van der Waals surface area contributed by atoms with Gasteiger partial charge in [-0.3, -0.25) is 4.79 Å². The summed E-state index contributed by atoms with van der Waals surface area (Å²) in [5, 5.41) is 2.92. The Morgan fingerprint density at radius 2 is 1.47 bits per heavy atom. The number of hydrogen-bond acceptors (Lipinski definition) is 5. The SMILES string of the molecule is CC(C)(C)OC(=O)C[C@@H](CCSc1ccccc1)NC(=O)OCC1c2ccccc2-c2ccccc21. The highest BCUT2D eigenvalue weighted by molar-refractivity contribution is 7.99. The lowest BCUT2D eigenvalue weighted by molar-refractivity contribution is -0.155. The van der Waals surface area contributed by atoms with Gasteiger partial charge in [-0.15, -0.1) is 11.8 Å². The van der Waals surface area contributed by atoms with Gasteiger partial charge in [-0.05, 0) is 67.3 Å². The van der Waals surface area contributed by atoms with Crippen LogP contribution >= 0.6 is 11.8 Å². The van der Waals surface area contributed by atoms with Crippen LogP contribution in [-0.2, 0) is 14.3 Å². The minimum atomic E-state index is -0.579. The molecule has 0 aromatic heterocycles. The fourth-order valence-electron chi connectivity index (χ4n) is 4.45. The number of thioether (sulfide) groups is 1. The first-order valence-electron chi connectivity index (χ1n) is 12.3. The maximum atomic E-state index is 12.8. The molecule has 0 saturated heterocycles. The van der Waals surface area contributed by atoms with Crippen LogP contribution in [0, 0.1) is 0 Å². The molecule has 0 bridgehead atoms. The minimum Gasteiger partial charge on any atom is -0.460 e. The molecule has 0 radical (unpaired) electrons. The third-order valence-electron chi connectivity index (χ3n) is 5.98. The van der Waals surface area contributed by atoms with E-state index in [2.05, 4.69) is 29.6 Å². The lowest BCUT2D eigenvalue weighted by atomic mass is 9.98. The Balaban J connectivity index is 1.37. The first-order valence-corrected chi connectivity index (χ1v) is 13.3. The average molecular weight is 504 g/mol. The van der Waals surface area contributed by atoms with E-state index in [-0.39, 0.29) is 31.0 Å². The zero-order valence-electron chi connectivity index (χ0n) is 21.0. The van der Waals surface area contributed by atoms with E-state index in [1.54, 1.807) is 11.8 Å². The van der Waals surface area contributed by atoms with E-state index in [1.807, 2.05) is 75.4 Å². The maximum Gasteiger partial charge on any atom is 0.407 e. The number of esters is 1. The van der Waals surface area contributed by atoms with E-state index >= 15 is 0 Å². The highest BCUT2D eigenvalue weighted by Gasteiger charge is 2.29. The summed E-state index contributed by atoms with van der Waals surface area (Å²) in [5.41, 5.74) is 4.11.